The summed E-state index contributed by atoms with van der Waals surface area (Å²) in [5.74, 6) is 1.84. The minimum atomic E-state index is 0.0782. The number of carbonyl (C=O) groups excluding carboxylic acids is 1. The van der Waals surface area contributed by atoms with E-state index in [1.54, 1.807) is 13.2 Å². The molecule has 1 saturated heterocycles. The number of amides is 1. The first-order chi connectivity index (χ1) is 15.6. The molecule has 3 aromatic rings. The normalized spacial score (nSPS) is 20.2. The van der Waals surface area contributed by atoms with Crippen LogP contribution in [0.3, 0.4) is 0 Å². The van der Waals surface area contributed by atoms with Gasteiger partial charge < -0.3 is 24.1 Å². The van der Waals surface area contributed by atoms with Gasteiger partial charge >= 0.3 is 0 Å². The van der Waals surface area contributed by atoms with Gasteiger partial charge in [0.05, 0.1) is 7.11 Å². The van der Waals surface area contributed by atoms with Crippen molar-refractivity contribution in [3.63, 3.8) is 0 Å². The van der Waals surface area contributed by atoms with Crippen molar-refractivity contribution in [2.75, 3.05) is 33.3 Å². The van der Waals surface area contributed by atoms with Crippen molar-refractivity contribution in [1.82, 2.24) is 19.4 Å². The molecule has 7 nitrogen and oxygen atoms in total. The zero-order valence-electron chi connectivity index (χ0n) is 18.5. The molecular weight excluding hydrogens is 404 g/mol. The number of aryl methyl sites for hydroxylation is 1. The van der Waals surface area contributed by atoms with Crippen LogP contribution in [0.4, 0.5) is 0 Å². The third-order valence-corrected chi connectivity index (χ3v) is 6.86. The van der Waals surface area contributed by atoms with E-state index in [4.69, 9.17) is 4.74 Å². The van der Waals surface area contributed by atoms with Crippen LogP contribution in [0.15, 0.2) is 53.5 Å². The van der Waals surface area contributed by atoms with Crippen LogP contribution in [0.2, 0.25) is 0 Å². The molecule has 2 unspecified atom stereocenters. The predicted octanol–water partition coefficient (Wildman–Crippen LogP) is 2.44. The van der Waals surface area contributed by atoms with E-state index in [9.17, 15) is 9.59 Å². The van der Waals surface area contributed by atoms with Crippen LogP contribution < -0.4 is 15.6 Å². The Morgan fingerprint density at radius 3 is 2.91 bits per heavy atom. The second-order valence-corrected chi connectivity index (χ2v) is 8.99. The maximum absolute atomic E-state index is 12.4. The molecule has 0 radical (unpaired) electrons. The number of pyridine rings is 1. The highest BCUT2D eigenvalue weighted by Crippen LogP contribution is 2.34. The molecule has 32 heavy (non-hydrogen) atoms. The number of rotatable bonds is 7. The van der Waals surface area contributed by atoms with Crippen molar-refractivity contribution >= 4 is 16.8 Å². The molecule has 4 heterocycles. The summed E-state index contributed by atoms with van der Waals surface area (Å²) in [6.45, 7) is 4.91. The molecule has 2 atom stereocenters. The molecule has 1 aromatic carbocycles. The Morgan fingerprint density at radius 2 is 2.03 bits per heavy atom. The Kier molecular flexibility index (Phi) is 5.74. The van der Waals surface area contributed by atoms with Crippen LogP contribution in [-0.4, -0.2) is 53.2 Å². The van der Waals surface area contributed by atoms with E-state index < -0.39 is 0 Å². The van der Waals surface area contributed by atoms with E-state index in [1.165, 1.54) is 5.69 Å². The minimum absolute atomic E-state index is 0.0782. The Bertz CT molecular complexity index is 1180. The van der Waals surface area contributed by atoms with Crippen molar-refractivity contribution in [3.05, 3.63) is 64.7 Å². The Balaban J connectivity index is 1.10. The number of methoxy groups -OCH3 is 1. The first-order valence-corrected chi connectivity index (χ1v) is 11.4. The smallest absolute Gasteiger partial charge is 0.250 e. The molecule has 2 aliphatic rings. The van der Waals surface area contributed by atoms with Gasteiger partial charge in [0.2, 0.25) is 5.91 Å². The summed E-state index contributed by atoms with van der Waals surface area (Å²) in [6.07, 6.45) is 3.63. The van der Waals surface area contributed by atoms with E-state index in [0.29, 0.717) is 31.3 Å². The molecule has 2 aromatic heterocycles. The number of nitrogens with zero attached hydrogens (tertiary/aromatic N) is 3. The number of benzene rings is 1. The number of piperidine rings is 1. The summed E-state index contributed by atoms with van der Waals surface area (Å²) < 4.78 is 9.35. The van der Waals surface area contributed by atoms with E-state index in [-0.39, 0.29) is 11.5 Å². The van der Waals surface area contributed by atoms with Crippen molar-refractivity contribution in [2.45, 2.75) is 31.8 Å². The second kappa shape index (κ2) is 8.82. The summed E-state index contributed by atoms with van der Waals surface area (Å²) >= 11 is 0. The van der Waals surface area contributed by atoms with Gasteiger partial charge in [0.1, 0.15) is 5.75 Å². The molecule has 0 saturated carbocycles. The molecule has 2 bridgehead atoms. The van der Waals surface area contributed by atoms with Crippen molar-refractivity contribution in [3.8, 4) is 5.75 Å². The van der Waals surface area contributed by atoms with Crippen molar-refractivity contribution < 1.29 is 9.53 Å². The Labute approximate surface area is 187 Å². The lowest BCUT2D eigenvalue weighted by molar-refractivity contribution is -0.121. The molecule has 168 valence electrons. The summed E-state index contributed by atoms with van der Waals surface area (Å²) in [6, 6.07) is 13.7. The quantitative estimate of drug-likeness (QED) is 0.620. The maximum Gasteiger partial charge on any atom is 0.250 e. The summed E-state index contributed by atoms with van der Waals surface area (Å²) in [5, 5.41) is 4.20. The van der Waals surface area contributed by atoms with Crippen molar-refractivity contribution in [2.24, 2.45) is 5.92 Å². The monoisotopic (exact) mass is 434 g/mol. The van der Waals surface area contributed by atoms with Crippen LogP contribution in [0, 0.1) is 5.92 Å². The number of likely N-dealkylation sites (tertiary alicyclic amines) is 1. The predicted molar refractivity (Wildman–Crippen MR) is 124 cm³/mol. The average molecular weight is 435 g/mol. The highest BCUT2D eigenvalue weighted by molar-refractivity contribution is 5.82. The zero-order chi connectivity index (χ0) is 22.1. The van der Waals surface area contributed by atoms with Gasteiger partial charge in [-0.2, -0.15) is 0 Å². The molecule has 0 aliphatic carbocycles. The number of aromatic nitrogens is 2. The number of hydrogen-bond acceptors (Lipinski definition) is 4. The fourth-order valence-corrected chi connectivity index (χ4v) is 5.34. The highest BCUT2D eigenvalue weighted by atomic mass is 16.5. The highest BCUT2D eigenvalue weighted by Gasteiger charge is 2.34. The molecule has 1 amide bonds. The van der Waals surface area contributed by atoms with Crippen LogP contribution in [0.1, 0.15) is 24.5 Å². The maximum atomic E-state index is 12.4. The first-order valence-electron chi connectivity index (χ1n) is 11.4. The summed E-state index contributed by atoms with van der Waals surface area (Å²) in [5.41, 5.74) is 2.39. The lowest BCUT2D eigenvalue weighted by Gasteiger charge is -2.42. The van der Waals surface area contributed by atoms with E-state index in [0.717, 1.165) is 49.3 Å². The number of nitrogens with one attached hydrogen (secondary N) is 1. The SMILES string of the molecule is COc1ccc2c(ccn2CCC(=O)NCCN2CC3CC(C2)c2cccc(=O)n2C3)c1. The van der Waals surface area contributed by atoms with Gasteiger partial charge in [-0.3, -0.25) is 9.59 Å². The Hall–Kier alpha value is -3.06. The number of carbonyl (C=O) groups is 1. The van der Waals surface area contributed by atoms with Gasteiger partial charge in [-0.15, -0.1) is 0 Å². The number of fused-ring (bicyclic) bond motifs is 5. The van der Waals surface area contributed by atoms with Crippen LogP contribution in [0.25, 0.3) is 10.9 Å². The molecule has 1 fully saturated rings. The van der Waals surface area contributed by atoms with Gasteiger partial charge in [-0.25, -0.2) is 0 Å². The lowest BCUT2D eigenvalue weighted by atomic mass is 9.83. The van der Waals surface area contributed by atoms with Crippen LogP contribution in [-0.2, 0) is 17.9 Å². The summed E-state index contributed by atoms with van der Waals surface area (Å²) in [7, 11) is 1.67. The molecule has 5 rings (SSSR count). The van der Waals surface area contributed by atoms with Gasteiger partial charge in [0, 0.05) is 80.5 Å². The molecular formula is C25H30N4O3. The van der Waals surface area contributed by atoms with Crippen LogP contribution >= 0.6 is 0 Å². The fourth-order valence-electron chi connectivity index (χ4n) is 5.34. The van der Waals surface area contributed by atoms with Gasteiger partial charge in [0.25, 0.3) is 5.56 Å². The molecule has 0 spiro atoms. The molecule has 2 aliphatic heterocycles. The van der Waals surface area contributed by atoms with Gasteiger partial charge in [-0.1, -0.05) is 6.07 Å². The van der Waals surface area contributed by atoms with Gasteiger partial charge in [-0.05, 0) is 42.7 Å². The third kappa shape index (κ3) is 4.17. The van der Waals surface area contributed by atoms with Crippen molar-refractivity contribution in [1.29, 1.82) is 0 Å². The second-order valence-electron chi connectivity index (χ2n) is 8.99. The standard InChI is InChI=1S/C25H30N4O3/c1-32-21-5-6-22-19(14-21)7-10-28(22)11-8-24(30)26-9-12-27-15-18-13-20(17-27)23-3-2-4-25(31)29(23)16-18/h2-7,10,14,18,20H,8-9,11-13,15-17H2,1H3,(H,26,30). The fraction of sp³-hybridized carbons (Fsp3) is 0.440. The summed E-state index contributed by atoms with van der Waals surface area (Å²) in [4.78, 5) is 27.0. The van der Waals surface area contributed by atoms with E-state index in [2.05, 4.69) is 26.9 Å². The average Bonchev–Trinajstić information content (AvgIpc) is 3.20. The van der Waals surface area contributed by atoms with Gasteiger partial charge in [0.15, 0.2) is 0 Å². The topological polar surface area (TPSA) is 68.5 Å². The van der Waals surface area contributed by atoms with E-state index in [1.807, 2.05) is 35.0 Å². The largest absolute Gasteiger partial charge is 0.497 e. The number of ether oxygens (including phenoxy) is 1. The minimum Gasteiger partial charge on any atom is -0.497 e. The van der Waals surface area contributed by atoms with Crippen LogP contribution in [0.5, 0.6) is 5.75 Å². The zero-order valence-corrected chi connectivity index (χ0v) is 18.5. The third-order valence-electron chi connectivity index (χ3n) is 6.86. The lowest BCUT2D eigenvalue weighted by Crippen LogP contribution is -2.48. The first kappa shape index (κ1) is 20.8. The number of hydrogen-bond donors (Lipinski definition) is 1. The van der Waals surface area contributed by atoms with E-state index >= 15 is 0 Å². The Morgan fingerprint density at radius 1 is 1.12 bits per heavy atom. The molecule has 7 heteroatoms. The molecule has 1 N–H and O–H groups in total.